The Morgan fingerprint density at radius 2 is 0.840 bits per heavy atom. The number of carboxylic acid groups (broad SMARTS) is 4. The lowest BCUT2D eigenvalue weighted by atomic mass is 10.2. The van der Waals surface area contributed by atoms with Crippen molar-refractivity contribution in [1.82, 2.24) is 31.4 Å². The molecule has 35 heteroatoms. The number of alkyl carbamates (subject to hydrolysis) is 4. The van der Waals surface area contributed by atoms with Crippen molar-refractivity contribution in [2.45, 2.75) is 137 Å². The van der Waals surface area contributed by atoms with Gasteiger partial charge >= 0.3 is 48.3 Å². The highest BCUT2D eigenvalue weighted by atomic mass is 79.9. The molecule has 0 bridgehead atoms. The van der Waals surface area contributed by atoms with Crippen molar-refractivity contribution in [2.24, 2.45) is 0 Å². The lowest BCUT2D eigenvalue weighted by molar-refractivity contribution is -0.141. The first kappa shape index (κ1) is 80.1. The van der Waals surface area contributed by atoms with Crippen LogP contribution in [0.4, 0.5) is 50.7 Å². The summed E-state index contributed by atoms with van der Waals surface area (Å²) in [6.45, 7) is 20.1. The molecule has 518 valence electrons. The number of benzene rings is 4. The van der Waals surface area contributed by atoms with Crippen LogP contribution in [0.5, 0.6) is 23.0 Å². The van der Waals surface area contributed by atoms with E-state index < -0.39 is 119 Å². The summed E-state index contributed by atoms with van der Waals surface area (Å²) in [7, 11) is 0. The third-order valence-electron chi connectivity index (χ3n) is 10.4. The molecule has 0 unspecified atom stereocenters. The van der Waals surface area contributed by atoms with Crippen molar-refractivity contribution >= 4 is 98.5 Å². The molecular weight excluding hydrogens is 1340 g/mol. The van der Waals surface area contributed by atoms with Gasteiger partial charge in [0.05, 0.1) is 17.1 Å². The highest BCUT2D eigenvalue weighted by Gasteiger charge is 2.29. The number of aliphatic carboxylic acids is 4. The average molecular weight is 1420 g/mol. The minimum atomic E-state index is -1.49. The van der Waals surface area contributed by atoms with Gasteiger partial charge in [0.25, 0.3) is 5.89 Å². The molecule has 4 atom stereocenters. The van der Waals surface area contributed by atoms with E-state index in [9.17, 15) is 52.2 Å². The summed E-state index contributed by atoms with van der Waals surface area (Å²) >= 11 is 9.01. The van der Waals surface area contributed by atoms with Gasteiger partial charge < -0.3 is 107 Å². The van der Waals surface area contributed by atoms with Crippen molar-refractivity contribution in [1.29, 1.82) is 0 Å². The van der Waals surface area contributed by atoms with Crippen LogP contribution >= 0.6 is 27.5 Å². The van der Waals surface area contributed by atoms with Gasteiger partial charge in [-0.25, -0.2) is 47.1 Å². The van der Waals surface area contributed by atoms with Gasteiger partial charge in [-0.15, -0.1) is 0 Å². The number of hydrogen-bond donors (Lipinski definition) is 12. The van der Waals surface area contributed by atoms with Crippen LogP contribution < -0.4 is 63.1 Å². The minimum absolute atomic E-state index is 0.254. The summed E-state index contributed by atoms with van der Waals surface area (Å²) in [5.74, 6) is -5.83. The normalized spacial score (nSPS) is 12.4. The third-order valence-corrected chi connectivity index (χ3v) is 11.1. The predicted molar refractivity (Wildman–Crippen MR) is 339 cm³/mol. The molecule has 16 N–H and O–H groups in total. The topological polar surface area (TPSA) is 482 Å². The van der Waals surface area contributed by atoms with Gasteiger partial charge in [0, 0.05) is 27.2 Å². The molecule has 0 aliphatic rings. The van der Waals surface area contributed by atoms with Crippen LogP contribution in [0.3, 0.4) is 0 Å². The minimum Gasteiger partial charge on any atom is -0.489 e. The summed E-state index contributed by atoms with van der Waals surface area (Å²) in [5, 5.41) is 49.5. The largest absolute Gasteiger partial charge is 0.489 e. The number of aryl methyl sites for hydroxylation is 1. The Morgan fingerprint density at radius 3 is 1.15 bits per heavy atom. The van der Waals surface area contributed by atoms with Gasteiger partial charge in [-0.3, -0.25) is 0 Å². The summed E-state index contributed by atoms with van der Waals surface area (Å²) in [6.07, 6.45) is -3.49. The van der Waals surface area contributed by atoms with Crippen molar-refractivity contribution in [3.63, 3.8) is 0 Å². The number of nitrogens with zero attached hydrogens (tertiary/aromatic N) is 2. The number of aromatic nitrogens is 2. The number of carbonyl (C=O) groups is 8. The molecule has 4 amide bonds. The number of hydrogen-bond acceptors (Lipinski definition) is 23. The molecule has 0 saturated carbocycles. The fraction of sp³-hybridized carbons (Fsp3) is 0.424. The number of anilines is 4. The van der Waals surface area contributed by atoms with E-state index in [1.807, 2.05) is 0 Å². The first-order valence-electron chi connectivity index (χ1n) is 27.7. The number of ether oxygens (including phenoxy) is 8. The van der Waals surface area contributed by atoms with E-state index in [4.69, 9.17) is 92.3 Å². The van der Waals surface area contributed by atoms with Gasteiger partial charge in [-0.2, -0.15) is 4.98 Å². The van der Waals surface area contributed by atoms with Gasteiger partial charge in [0.15, 0.2) is 35.8 Å². The monoisotopic (exact) mass is 1410 g/mol. The van der Waals surface area contributed by atoms with E-state index in [0.29, 0.717) is 39.8 Å². The Kier molecular flexibility index (Phi) is 30.4. The zero-order chi connectivity index (χ0) is 71.8. The van der Waals surface area contributed by atoms with E-state index in [1.54, 1.807) is 132 Å². The third kappa shape index (κ3) is 31.8. The lowest BCUT2D eigenvalue weighted by Crippen LogP contribution is -2.46. The molecule has 0 radical (unpaired) electrons. The molecule has 0 aliphatic heterocycles. The smallest absolute Gasteiger partial charge is 0.408 e. The fourth-order valence-corrected chi connectivity index (χ4v) is 6.96. The zero-order valence-corrected chi connectivity index (χ0v) is 55.8. The molecule has 1 heterocycles. The standard InChI is InChI=1S/C17H22N4O6.C14H19BrN2O5.C14H19ClN2O5.C14H18F2N2O5/c1-9-19-14(27-21-9)10-5-6-13(11(18)7-10)25-8-12(15(22)23)20-16(24)26-17(2,3)4;2*1-14(2,3)22-13(20)17-10(12(18)19)7-21-11-5-4-8(15)6-9(11)16;1-14(2,3)23-13(21)18-9(12(19)20)6-22-10-5-7(15)4-8(16)11(10)17/h5-7,12H,8,18H2,1-4H3,(H,20,24)(H,22,23);2*4-6,10H,7,16H2,1-3H3,(H,17,20)(H,18,19);4-5,9H,6,17H2,1-3H3,(H,18,21)(H,19,20)/t12-;2*10-;9-/m0000/s1. The van der Waals surface area contributed by atoms with E-state index in [0.717, 1.165) is 10.5 Å². The van der Waals surface area contributed by atoms with Gasteiger partial charge in [-0.1, -0.05) is 32.7 Å². The van der Waals surface area contributed by atoms with Crippen molar-refractivity contribution < 1.29 is 110 Å². The number of nitrogen functional groups attached to an aromatic ring is 4. The van der Waals surface area contributed by atoms with E-state index in [-0.39, 0.29) is 48.4 Å². The number of rotatable bonds is 21. The second-order valence-corrected chi connectivity index (χ2v) is 24.8. The number of carboxylic acids is 4. The summed E-state index contributed by atoms with van der Waals surface area (Å²) in [6, 6.07) is 10.3. The summed E-state index contributed by atoms with van der Waals surface area (Å²) < 4.78 is 73.3. The maximum atomic E-state index is 13.3. The quantitative estimate of drug-likeness (QED) is 0.0242. The number of nitrogens with one attached hydrogen (secondary N) is 4. The van der Waals surface area contributed by atoms with Crippen LogP contribution in [0.1, 0.15) is 88.9 Å². The van der Waals surface area contributed by atoms with Crippen LogP contribution in [-0.4, -0.2) is 152 Å². The SMILES string of the molecule is CC(C)(C)OC(=O)N[C@@H](COc1cc(F)cc(F)c1N)C(=O)O.CC(C)(C)OC(=O)N[C@@H](COc1ccc(Br)cc1N)C(=O)O.CC(C)(C)OC(=O)N[C@@H](COc1ccc(Cl)cc1N)C(=O)O.Cc1noc(-c2ccc(OC[C@H](NC(=O)OC(C)(C)C)C(=O)O)c(N)c2)n1. The van der Waals surface area contributed by atoms with Gasteiger partial charge in [0.2, 0.25) is 0 Å². The maximum absolute atomic E-state index is 13.3. The molecular formula is C59H78BrClF2N10O21. The number of nitrogens with two attached hydrogens (primary N) is 4. The zero-order valence-electron chi connectivity index (χ0n) is 53.4. The van der Waals surface area contributed by atoms with Crippen LogP contribution in [0.2, 0.25) is 5.02 Å². The summed E-state index contributed by atoms with van der Waals surface area (Å²) in [4.78, 5) is 95.4. The van der Waals surface area contributed by atoms with E-state index >= 15 is 0 Å². The second kappa shape index (κ2) is 35.7. The highest BCUT2D eigenvalue weighted by molar-refractivity contribution is 9.10. The average Bonchev–Trinajstić information content (AvgIpc) is 1.43. The molecule has 4 aromatic carbocycles. The molecule has 31 nitrogen and oxygen atoms in total. The Hall–Kier alpha value is -9.99. The Morgan fingerprint density at radius 1 is 0.511 bits per heavy atom. The molecule has 1 aromatic heterocycles. The van der Waals surface area contributed by atoms with Crippen LogP contribution in [-0.2, 0) is 38.1 Å². The van der Waals surface area contributed by atoms with Gasteiger partial charge in [-0.05, 0) is 145 Å². The first-order chi connectivity index (χ1) is 43.2. The van der Waals surface area contributed by atoms with Crippen LogP contribution in [0, 0.1) is 18.6 Å². The van der Waals surface area contributed by atoms with E-state index in [1.165, 1.54) is 12.1 Å². The molecule has 0 saturated heterocycles. The molecule has 0 spiro atoms. The Bertz CT molecular complexity index is 3330. The lowest BCUT2D eigenvalue weighted by Gasteiger charge is -2.22. The number of carbonyl (C=O) groups excluding carboxylic acids is 4. The van der Waals surface area contributed by atoms with Gasteiger partial charge in [0.1, 0.15) is 83.3 Å². The van der Waals surface area contributed by atoms with E-state index in [2.05, 4.69) is 47.3 Å². The summed E-state index contributed by atoms with van der Waals surface area (Å²) in [5.41, 5.74) is 20.8. The maximum Gasteiger partial charge on any atom is 0.408 e. The Balaban J connectivity index is 0.000000428. The molecule has 0 aliphatic carbocycles. The number of halogens is 4. The van der Waals surface area contributed by atoms with Crippen molar-refractivity contribution in [2.75, 3.05) is 49.4 Å². The first-order valence-corrected chi connectivity index (χ1v) is 28.8. The fourth-order valence-electron chi connectivity index (χ4n) is 6.40. The molecule has 5 rings (SSSR count). The molecule has 94 heavy (non-hydrogen) atoms. The highest BCUT2D eigenvalue weighted by Crippen LogP contribution is 2.30. The van der Waals surface area contributed by atoms with Crippen molar-refractivity contribution in [3.05, 3.63) is 93.7 Å². The number of amides is 4. The van der Waals surface area contributed by atoms with Crippen LogP contribution in [0.15, 0.2) is 75.7 Å². The molecule has 0 fully saturated rings. The predicted octanol–water partition coefficient (Wildman–Crippen LogP) is 8.55. The second-order valence-electron chi connectivity index (χ2n) is 23.5. The van der Waals surface area contributed by atoms with Crippen molar-refractivity contribution in [3.8, 4) is 34.5 Å². The Labute approximate surface area is 551 Å². The van der Waals surface area contributed by atoms with Crippen LogP contribution in [0.25, 0.3) is 11.5 Å². The molecule has 5 aromatic rings.